The van der Waals surface area contributed by atoms with Crippen molar-refractivity contribution in [3.8, 4) is 0 Å². The normalized spacial score (nSPS) is 19.8. The Hall–Kier alpha value is -0.920. The molecule has 1 N–H and O–H groups in total. The van der Waals surface area contributed by atoms with E-state index in [-0.39, 0.29) is 35.1 Å². The maximum atomic E-state index is 12.6. The molecule has 1 aliphatic carbocycles. The highest BCUT2D eigenvalue weighted by Gasteiger charge is 2.37. The zero-order valence-electron chi connectivity index (χ0n) is 17.9. The lowest BCUT2D eigenvalue weighted by atomic mass is 9.67. The second-order valence-electron chi connectivity index (χ2n) is 7.90. The van der Waals surface area contributed by atoms with Gasteiger partial charge in [-0.15, -0.1) is 24.0 Å². The third-order valence-electron chi connectivity index (χ3n) is 5.90. The van der Waals surface area contributed by atoms with Crippen LogP contribution in [0.5, 0.6) is 0 Å². The molecule has 172 valence electrons. The molecule has 3 rings (SSSR count). The molecule has 0 spiro atoms. The van der Waals surface area contributed by atoms with Gasteiger partial charge in [-0.3, -0.25) is 4.99 Å². The van der Waals surface area contributed by atoms with Crippen molar-refractivity contribution in [2.75, 3.05) is 53.0 Å². The van der Waals surface area contributed by atoms with E-state index in [2.05, 4.69) is 22.3 Å². The fourth-order valence-corrected chi connectivity index (χ4v) is 5.34. The molecule has 2 fully saturated rings. The molecule has 11 heteroatoms. The van der Waals surface area contributed by atoms with E-state index in [0.717, 1.165) is 32.1 Å². The number of ether oxygens (including phenoxy) is 1. The third kappa shape index (κ3) is 6.54. The minimum atomic E-state index is -3.40. The minimum Gasteiger partial charge on any atom is -0.385 e. The summed E-state index contributed by atoms with van der Waals surface area (Å²) in [7, 11) is -1.65. The van der Waals surface area contributed by atoms with Gasteiger partial charge in [0.05, 0.1) is 5.69 Å². The first-order chi connectivity index (χ1) is 14.0. The monoisotopic (exact) mass is 555 g/mol. The summed E-state index contributed by atoms with van der Waals surface area (Å²) in [5.41, 5.74) is 0.698. The second-order valence-corrected chi connectivity index (χ2v) is 9.87. The van der Waals surface area contributed by atoms with Gasteiger partial charge in [-0.05, 0) is 31.6 Å². The molecule has 1 aromatic rings. The number of aliphatic imine (C=N–C) groups is 1. The predicted molar refractivity (Wildman–Crippen MR) is 126 cm³/mol. The lowest BCUT2D eigenvalue weighted by molar-refractivity contribution is 0.0775. The standard InChI is InChI=1S/C19H33N5O4S.HI/c1-3-20-18(21-16-19(6-4-7-19)8-14-27-2)23-9-11-24(12-10-23)29(25,26)15-17-5-13-28-22-17;/h5,13H,3-4,6-12,14-16H2,1-2H3,(H,20,21);1H. The van der Waals surface area contributed by atoms with Crippen LogP contribution < -0.4 is 5.32 Å². The predicted octanol–water partition coefficient (Wildman–Crippen LogP) is 1.91. The molecule has 9 nitrogen and oxygen atoms in total. The number of aromatic nitrogens is 1. The van der Waals surface area contributed by atoms with Gasteiger partial charge < -0.3 is 19.5 Å². The minimum absolute atomic E-state index is 0. The van der Waals surface area contributed by atoms with Gasteiger partial charge >= 0.3 is 0 Å². The van der Waals surface area contributed by atoms with Gasteiger partial charge in [0.1, 0.15) is 12.0 Å². The van der Waals surface area contributed by atoms with Crippen molar-refractivity contribution in [3.05, 3.63) is 18.0 Å². The first-order valence-corrected chi connectivity index (χ1v) is 12.0. The lowest BCUT2D eigenvalue weighted by Crippen LogP contribution is -2.54. The van der Waals surface area contributed by atoms with Crippen molar-refractivity contribution < 1.29 is 17.7 Å². The Morgan fingerprint density at radius 1 is 1.33 bits per heavy atom. The molecule has 0 unspecified atom stereocenters. The SMILES string of the molecule is CCNC(=NCC1(CCOC)CCC1)N1CCN(S(=O)(=O)Cc2ccon2)CC1.I. The Morgan fingerprint density at radius 3 is 2.60 bits per heavy atom. The summed E-state index contributed by atoms with van der Waals surface area (Å²) in [5.74, 6) is 0.754. The molecule has 0 aromatic carbocycles. The number of sulfonamides is 1. The summed E-state index contributed by atoms with van der Waals surface area (Å²) in [6.45, 7) is 6.53. The number of piperazine rings is 1. The molecular weight excluding hydrogens is 521 g/mol. The Morgan fingerprint density at radius 2 is 2.07 bits per heavy atom. The van der Waals surface area contributed by atoms with E-state index < -0.39 is 10.0 Å². The molecule has 1 aromatic heterocycles. The second kappa shape index (κ2) is 11.6. The highest BCUT2D eigenvalue weighted by Crippen LogP contribution is 2.44. The van der Waals surface area contributed by atoms with E-state index >= 15 is 0 Å². The summed E-state index contributed by atoms with van der Waals surface area (Å²) in [6.07, 6.45) is 6.10. The van der Waals surface area contributed by atoms with Gasteiger partial charge in [0, 0.05) is 59.1 Å². The van der Waals surface area contributed by atoms with Gasteiger partial charge in [0.25, 0.3) is 0 Å². The fourth-order valence-electron chi connectivity index (χ4n) is 3.92. The fraction of sp³-hybridized carbons (Fsp3) is 0.789. The molecule has 1 saturated heterocycles. The molecule has 30 heavy (non-hydrogen) atoms. The van der Waals surface area contributed by atoms with Gasteiger partial charge in [0.15, 0.2) is 5.96 Å². The molecular formula is C19H34IN5O4S. The van der Waals surface area contributed by atoms with Crippen LogP contribution in [-0.4, -0.2) is 81.7 Å². The highest BCUT2D eigenvalue weighted by atomic mass is 127. The third-order valence-corrected chi connectivity index (χ3v) is 7.72. The van der Waals surface area contributed by atoms with E-state index in [1.165, 1.54) is 29.8 Å². The van der Waals surface area contributed by atoms with Crippen LogP contribution in [0.4, 0.5) is 0 Å². The molecule has 0 radical (unpaired) electrons. The van der Waals surface area contributed by atoms with Crippen LogP contribution in [0.25, 0.3) is 0 Å². The zero-order valence-corrected chi connectivity index (χ0v) is 21.0. The van der Waals surface area contributed by atoms with Crippen LogP contribution in [-0.2, 0) is 20.5 Å². The summed E-state index contributed by atoms with van der Waals surface area (Å²) in [5, 5.41) is 7.09. The van der Waals surface area contributed by atoms with Gasteiger partial charge in [0.2, 0.25) is 10.0 Å². The first kappa shape index (κ1) is 25.3. The smallest absolute Gasteiger partial charge is 0.220 e. The molecule has 2 aliphatic rings. The summed E-state index contributed by atoms with van der Waals surface area (Å²) in [6, 6.07) is 1.59. The molecule has 0 bridgehead atoms. The molecule has 1 saturated carbocycles. The number of guanidine groups is 1. The number of halogens is 1. The van der Waals surface area contributed by atoms with Gasteiger partial charge in [-0.25, -0.2) is 8.42 Å². The van der Waals surface area contributed by atoms with E-state index in [0.29, 0.717) is 31.9 Å². The van der Waals surface area contributed by atoms with Crippen LogP contribution in [0.3, 0.4) is 0 Å². The van der Waals surface area contributed by atoms with Crippen LogP contribution in [0.2, 0.25) is 0 Å². The van der Waals surface area contributed by atoms with Gasteiger partial charge in [-0.1, -0.05) is 11.6 Å². The maximum Gasteiger partial charge on any atom is 0.220 e. The summed E-state index contributed by atoms with van der Waals surface area (Å²) < 4.78 is 36.8. The molecule has 2 heterocycles. The summed E-state index contributed by atoms with van der Waals surface area (Å²) >= 11 is 0. The van der Waals surface area contributed by atoms with Crippen LogP contribution in [0.1, 0.15) is 38.3 Å². The number of methoxy groups -OCH3 is 1. The largest absolute Gasteiger partial charge is 0.385 e. The number of nitrogens with zero attached hydrogens (tertiary/aromatic N) is 4. The highest BCUT2D eigenvalue weighted by molar-refractivity contribution is 14.0. The van der Waals surface area contributed by atoms with Crippen molar-refractivity contribution >= 4 is 40.0 Å². The summed E-state index contributed by atoms with van der Waals surface area (Å²) in [4.78, 5) is 7.08. The maximum absolute atomic E-state index is 12.6. The average Bonchev–Trinajstić information content (AvgIpc) is 3.18. The quantitative estimate of drug-likeness (QED) is 0.282. The average molecular weight is 555 g/mol. The Bertz CT molecular complexity index is 760. The van der Waals surface area contributed by atoms with E-state index in [1.807, 2.05) is 0 Å². The zero-order chi connectivity index (χ0) is 20.7. The van der Waals surface area contributed by atoms with Crippen LogP contribution >= 0.6 is 24.0 Å². The van der Waals surface area contributed by atoms with Crippen molar-refractivity contribution in [1.29, 1.82) is 0 Å². The van der Waals surface area contributed by atoms with Gasteiger partial charge in [-0.2, -0.15) is 4.31 Å². The van der Waals surface area contributed by atoms with E-state index in [1.54, 1.807) is 13.2 Å². The molecule has 0 amide bonds. The molecule has 0 atom stereocenters. The number of nitrogens with one attached hydrogen (secondary N) is 1. The Kier molecular flexibility index (Phi) is 9.82. The van der Waals surface area contributed by atoms with Crippen LogP contribution in [0.15, 0.2) is 21.8 Å². The van der Waals surface area contributed by atoms with Crippen molar-refractivity contribution in [2.45, 2.75) is 38.4 Å². The van der Waals surface area contributed by atoms with Crippen LogP contribution in [0, 0.1) is 5.41 Å². The topological polar surface area (TPSA) is 100 Å². The van der Waals surface area contributed by atoms with E-state index in [4.69, 9.17) is 14.3 Å². The number of rotatable bonds is 9. The number of hydrogen-bond donors (Lipinski definition) is 1. The van der Waals surface area contributed by atoms with Crippen molar-refractivity contribution in [3.63, 3.8) is 0 Å². The van der Waals surface area contributed by atoms with Crippen molar-refractivity contribution in [2.24, 2.45) is 10.4 Å². The lowest BCUT2D eigenvalue weighted by Gasteiger charge is -2.41. The van der Waals surface area contributed by atoms with Crippen molar-refractivity contribution in [1.82, 2.24) is 19.7 Å². The first-order valence-electron chi connectivity index (χ1n) is 10.4. The Balaban J connectivity index is 0.00000320. The molecule has 1 aliphatic heterocycles. The Labute approximate surface area is 196 Å². The number of hydrogen-bond acceptors (Lipinski definition) is 6. The van der Waals surface area contributed by atoms with E-state index in [9.17, 15) is 8.42 Å².